The Kier molecular flexibility index (Phi) is 8.52. The van der Waals surface area contributed by atoms with Crippen LogP contribution < -0.4 is 0 Å². The van der Waals surface area contributed by atoms with Gasteiger partial charge in [0.05, 0.1) is 33.7 Å². The van der Waals surface area contributed by atoms with Crippen LogP contribution in [0, 0.1) is 11.8 Å². The largest absolute Gasteiger partial charge is 0.508 e. The van der Waals surface area contributed by atoms with Crippen LogP contribution in [0.3, 0.4) is 0 Å². The van der Waals surface area contributed by atoms with E-state index in [0.717, 1.165) is 0 Å². The lowest BCUT2D eigenvalue weighted by Crippen LogP contribution is -2.33. The lowest BCUT2D eigenvalue weighted by molar-refractivity contribution is 0.189. The Labute approximate surface area is 375 Å². The van der Waals surface area contributed by atoms with Crippen molar-refractivity contribution in [3.05, 3.63) is 45.7 Å². The molecule has 0 bridgehead atoms. The standard InChI is InChI=1S/C42H28O27/c43-15-11(26(54)39(67)41-13(15)14-27(55)36(64)38(66)40(68)42(14)69-41)2-6-3(18(46)28(56)30(58)20(6)48)1(4-7(2)21(49)31(59)29(57)19(4)47)5-8-9(23(51)33(61)32(60)22(8)50)10(17(45)16(5)44)12-24(52)34(62)37(65)35(63)25(12)53/h8-9,43-68H. The van der Waals surface area contributed by atoms with Crippen molar-refractivity contribution >= 4 is 54.6 Å². The van der Waals surface area contributed by atoms with E-state index < -0.39 is 238 Å². The topological polar surface area (TPSA) is 539 Å². The summed E-state index contributed by atoms with van der Waals surface area (Å²) in [5.41, 5.74) is -10.5. The number of aromatic hydroxyl groups is 20. The van der Waals surface area contributed by atoms with Crippen molar-refractivity contribution in [1.82, 2.24) is 0 Å². The van der Waals surface area contributed by atoms with Gasteiger partial charge in [-0.2, -0.15) is 0 Å². The number of rotatable bonds is 3. The molecule has 0 aliphatic heterocycles. The number of hydrogen-bond acceptors (Lipinski definition) is 27. The number of allylic oxidation sites excluding steroid dienone is 2. The van der Waals surface area contributed by atoms with Gasteiger partial charge in [0.1, 0.15) is 17.3 Å². The molecule has 27 nitrogen and oxygen atoms in total. The van der Waals surface area contributed by atoms with E-state index in [1.807, 2.05) is 0 Å². The average molecular weight is 965 g/mol. The van der Waals surface area contributed by atoms with Gasteiger partial charge in [0.15, 0.2) is 80.2 Å². The first-order valence-electron chi connectivity index (χ1n) is 18.7. The van der Waals surface area contributed by atoms with Crippen LogP contribution in [-0.2, 0) is 0 Å². The van der Waals surface area contributed by atoms with Crippen LogP contribution >= 0.6 is 0 Å². The van der Waals surface area contributed by atoms with Crippen molar-refractivity contribution in [2.24, 2.45) is 11.8 Å². The van der Waals surface area contributed by atoms with Crippen LogP contribution in [0.15, 0.2) is 39.0 Å². The highest BCUT2D eigenvalue weighted by molar-refractivity contribution is 6.30. The first-order chi connectivity index (χ1) is 32.2. The third kappa shape index (κ3) is 4.91. The van der Waals surface area contributed by atoms with Crippen LogP contribution in [0.25, 0.3) is 65.8 Å². The van der Waals surface area contributed by atoms with E-state index in [1.54, 1.807) is 0 Å². The molecule has 69 heavy (non-hydrogen) atoms. The maximum atomic E-state index is 12.1. The van der Waals surface area contributed by atoms with Crippen molar-refractivity contribution < 1.29 is 137 Å². The van der Waals surface area contributed by atoms with E-state index in [4.69, 9.17) is 4.42 Å². The predicted octanol–water partition coefficient (Wildman–Crippen LogP) is 4.82. The number of hydrogen-bond donors (Lipinski definition) is 26. The van der Waals surface area contributed by atoms with Gasteiger partial charge in [-0.15, -0.1) is 0 Å². The Bertz CT molecular complexity index is 3680. The molecule has 7 aromatic rings. The third-order valence-electron chi connectivity index (χ3n) is 12.1. The fourth-order valence-corrected chi connectivity index (χ4v) is 9.00. The zero-order valence-electron chi connectivity index (χ0n) is 33.2. The fraction of sp³-hybridized carbons (Fsp3) is 0.0476. The molecule has 0 amide bonds. The number of benzene rings is 6. The second kappa shape index (κ2) is 13.5. The molecule has 27 heteroatoms. The van der Waals surface area contributed by atoms with E-state index in [-0.39, 0.29) is 0 Å². The summed E-state index contributed by atoms with van der Waals surface area (Å²) in [6.07, 6.45) is 0. The number of aliphatic hydroxyl groups excluding tert-OH is 6. The summed E-state index contributed by atoms with van der Waals surface area (Å²) in [6, 6.07) is 0. The molecule has 0 saturated carbocycles. The van der Waals surface area contributed by atoms with Crippen molar-refractivity contribution in [1.29, 1.82) is 0 Å². The quantitative estimate of drug-likeness (QED) is 0.0640. The summed E-state index contributed by atoms with van der Waals surface area (Å²) < 4.78 is 5.29. The Balaban J connectivity index is 1.60. The van der Waals surface area contributed by atoms with Crippen molar-refractivity contribution in [2.75, 3.05) is 0 Å². The van der Waals surface area contributed by atoms with Crippen LogP contribution in [0.1, 0.15) is 11.1 Å². The molecule has 2 aliphatic rings. The molecule has 2 unspecified atom stereocenters. The number of phenols is 20. The van der Waals surface area contributed by atoms with Gasteiger partial charge in [-0.3, -0.25) is 0 Å². The molecule has 1 aromatic heterocycles. The molecule has 26 N–H and O–H groups in total. The Morgan fingerprint density at radius 2 is 0.464 bits per heavy atom. The van der Waals surface area contributed by atoms with E-state index >= 15 is 0 Å². The van der Waals surface area contributed by atoms with Gasteiger partial charge in [0, 0.05) is 43.8 Å². The molecule has 0 radical (unpaired) electrons. The van der Waals surface area contributed by atoms with Crippen molar-refractivity contribution in [3.63, 3.8) is 0 Å². The average Bonchev–Trinajstić information content (AvgIpc) is 3.74. The van der Waals surface area contributed by atoms with Crippen LogP contribution in [-0.4, -0.2) is 133 Å². The van der Waals surface area contributed by atoms with E-state index in [0.29, 0.717) is 0 Å². The Morgan fingerprint density at radius 3 is 0.855 bits per heavy atom. The van der Waals surface area contributed by atoms with Gasteiger partial charge in [0.25, 0.3) is 0 Å². The first kappa shape index (κ1) is 43.6. The zero-order chi connectivity index (χ0) is 51.0. The highest BCUT2D eigenvalue weighted by Gasteiger charge is 2.52. The van der Waals surface area contributed by atoms with Crippen molar-refractivity contribution in [3.8, 4) is 126 Å². The molecule has 0 spiro atoms. The Morgan fingerprint density at radius 1 is 0.203 bits per heavy atom. The molecule has 6 aromatic carbocycles. The number of fused-ring (bicyclic) bond motifs is 6. The minimum atomic E-state index is -2.70. The monoisotopic (exact) mass is 964 g/mol. The maximum Gasteiger partial charge on any atom is 0.208 e. The van der Waals surface area contributed by atoms with Gasteiger partial charge in [-0.1, -0.05) is 0 Å². The van der Waals surface area contributed by atoms with Crippen LogP contribution in [0.5, 0.6) is 115 Å². The second-order valence-corrected chi connectivity index (χ2v) is 15.4. The highest BCUT2D eigenvalue weighted by atomic mass is 16.4. The summed E-state index contributed by atoms with van der Waals surface area (Å²) in [6.45, 7) is 0. The van der Waals surface area contributed by atoms with E-state index in [2.05, 4.69) is 0 Å². The molecule has 9 rings (SSSR count). The SMILES string of the molecule is OC1=C(O)C2C(c3c(O)c(O)c(O)c(O)c3O)=C(O)C(O)=C(c3c4c(O)c(O)c(O)c(O)c4c(-c4c(O)c(O)c5oc6c(O)c(O)c(O)c(O)c6c5c4O)c4c(O)c(O)c(O)c(O)c34)C2C(O)=C1O. The van der Waals surface area contributed by atoms with Gasteiger partial charge in [-0.05, 0) is 0 Å². The zero-order valence-corrected chi connectivity index (χ0v) is 33.2. The molecular weight excluding hydrogens is 936 g/mol. The van der Waals surface area contributed by atoms with Crippen LogP contribution in [0.4, 0.5) is 0 Å². The van der Waals surface area contributed by atoms with Gasteiger partial charge in [-0.25, -0.2) is 0 Å². The maximum absolute atomic E-state index is 12.1. The minimum absolute atomic E-state index is 0.985. The second-order valence-electron chi connectivity index (χ2n) is 15.4. The summed E-state index contributed by atoms with van der Waals surface area (Å²) in [5, 5.41) is 282. The van der Waals surface area contributed by atoms with E-state index in [1.165, 1.54) is 0 Å². The third-order valence-corrected chi connectivity index (χ3v) is 12.1. The number of furan rings is 1. The molecule has 358 valence electrons. The minimum Gasteiger partial charge on any atom is -0.508 e. The van der Waals surface area contributed by atoms with E-state index in [9.17, 15) is 133 Å². The summed E-state index contributed by atoms with van der Waals surface area (Å²) in [7, 11) is 0. The van der Waals surface area contributed by atoms with Gasteiger partial charge in [0.2, 0.25) is 63.2 Å². The highest BCUT2D eigenvalue weighted by Crippen LogP contribution is 2.68. The lowest BCUT2D eigenvalue weighted by atomic mass is 9.66. The number of aliphatic hydroxyl groups is 6. The van der Waals surface area contributed by atoms with Gasteiger partial charge < -0.3 is 137 Å². The molecular formula is C42H28O27. The molecule has 0 fully saturated rings. The Hall–Kier alpha value is -10.6. The molecule has 1 heterocycles. The fourth-order valence-electron chi connectivity index (χ4n) is 9.00. The van der Waals surface area contributed by atoms with Crippen LogP contribution in [0.2, 0.25) is 0 Å². The smallest absolute Gasteiger partial charge is 0.208 e. The van der Waals surface area contributed by atoms with Crippen molar-refractivity contribution in [2.45, 2.75) is 0 Å². The molecule has 0 saturated heterocycles. The normalized spacial score (nSPS) is 16.5. The molecule has 2 atom stereocenters. The predicted molar refractivity (Wildman–Crippen MR) is 225 cm³/mol. The van der Waals surface area contributed by atoms with Gasteiger partial charge >= 0.3 is 0 Å². The molecule has 2 aliphatic carbocycles. The lowest BCUT2D eigenvalue weighted by Gasteiger charge is -2.38. The summed E-state index contributed by atoms with van der Waals surface area (Å²) >= 11 is 0. The summed E-state index contributed by atoms with van der Waals surface area (Å²) in [4.78, 5) is 0. The summed E-state index contributed by atoms with van der Waals surface area (Å²) in [5.74, 6) is -48.4. The first-order valence-corrected chi connectivity index (χ1v) is 18.7. The number of phenolic OH excluding ortho intramolecular Hbond substituents is 20.